The first-order valence-electron chi connectivity index (χ1n) is 6.67. The summed E-state index contributed by atoms with van der Waals surface area (Å²) in [5.41, 5.74) is 3.08. The summed E-state index contributed by atoms with van der Waals surface area (Å²) in [7, 11) is 3.63. The fraction of sp³-hybridized carbons (Fsp3) is 0.188. The monoisotopic (exact) mass is 301 g/mol. The number of imidazole rings is 1. The number of aromatic nitrogens is 2. The van der Waals surface area contributed by atoms with Crippen LogP contribution in [0.3, 0.4) is 0 Å². The van der Waals surface area contributed by atoms with Gasteiger partial charge in [-0.1, -0.05) is 23.7 Å². The molecule has 21 heavy (non-hydrogen) atoms. The second kappa shape index (κ2) is 5.66. The molecule has 1 aromatic heterocycles. The van der Waals surface area contributed by atoms with Crippen LogP contribution >= 0.6 is 11.6 Å². The van der Waals surface area contributed by atoms with Gasteiger partial charge in [-0.05, 0) is 24.3 Å². The summed E-state index contributed by atoms with van der Waals surface area (Å²) in [5.74, 6) is 1.64. The summed E-state index contributed by atoms with van der Waals surface area (Å²) < 4.78 is 7.31. The Labute approximate surface area is 128 Å². The van der Waals surface area contributed by atoms with Crippen LogP contribution in [-0.4, -0.2) is 16.7 Å². The number of para-hydroxylation sites is 2. The number of rotatable bonds is 4. The number of methoxy groups -OCH3 is 1. The maximum Gasteiger partial charge on any atom is 0.139 e. The van der Waals surface area contributed by atoms with E-state index in [1.54, 1.807) is 7.11 Å². The van der Waals surface area contributed by atoms with Crippen molar-refractivity contribution >= 4 is 28.3 Å². The van der Waals surface area contributed by atoms with Gasteiger partial charge in [-0.25, -0.2) is 4.98 Å². The van der Waals surface area contributed by atoms with Crippen LogP contribution in [0.4, 0.5) is 5.69 Å². The number of nitrogens with zero attached hydrogens (tertiary/aromatic N) is 2. The molecule has 0 aliphatic heterocycles. The molecule has 0 saturated heterocycles. The quantitative estimate of drug-likeness (QED) is 0.795. The average molecular weight is 302 g/mol. The number of hydrogen-bond donors (Lipinski definition) is 1. The summed E-state index contributed by atoms with van der Waals surface area (Å²) in [6, 6.07) is 13.7. The van der Waals surface area contributed by atoms with Crippen molar-refractivity contribution in [3.8, 4) is 5.75 Å². The van der Waals surface area contributed by atoms with E-state index in [2.05, 4.69) is 20.9 Å². The molecule has 2 aromatic carbocycles. The minimum Gasteiger partial charge on any atom is -0.495 e. The van der Waals surface area contributed by atoms with Crippen molar-refractivity contribution in [1.29, 1.82) is 0 Å². The van der Waals surface area contributed by atoms with Crippen LogP contribution in [0.5, 0.6) is 5.75 Å². The number of aryl methyl sites for hydroxylation is 1. The number of nitrogens with one attached hydrogen (secondary N) is 1. The minimum absolute atomic E-state index is 0.603. The van der Waals surface area contributed by atoms with Gasteiger partial charge in [0.1, 0.15) is 11.6 Å². The highest BCUT2D eigenvalue weighted by atomic mass is 35.5. The van der Waals surface area contributed by atoms with Crippen molar-refractivity contribution in [3.63, 3.8) is 0 Å². The Morgan fingerprint density at radius 1 is 1.24 bits per heavy atom. The van der Waals surface area contributed by atoms with Gasteiger partial charge < -0.3 is 14.6 Å². The van der Waals surface area contributed by atoms with Gasteiger partial charge in [0.15, 0.2) is 0 Å². The van der Waals surface area contributed by atoms with Crippen molar-refractivity contribution in [2.24, 2.45) is 7.05 Å². The zero-order valence-electron chi connectivity index (χ0n) is 11.9. The number of fused-ring (bicyclic) bond motifs is 1. The van der Waals surface area contributed by atoms with E-state index in [9.17, 15) is 0 Å². The summed E-state index contributed by atoms with van der Waals surface area (Å²) in [4.78, 5) is 4.63. The van der Waals surface area contributed by atoms with Crippen LogP contribution in [0.2, 0.25) is 5.02 Å². The lowest BCUT2D eigenvalue weighted by atomic mass is 10.3. The Hall–Kier alpha value is -2.20. The summed E-state index contributed by atoms with van der Waals surface area (Å²) in [5, 5.41) is 3.95. The third-order valence-corrected chi connectivity index (χ3v) is 3.79. The Morgan fingerprint density at radius 3 is 2.81 bits per heavy atom. The second-order valence-corrected chi connectivity index (χ2v) is 5.19. The molecule has 0 unspecified atom stereocenters. The van der Waals surface area contributed by atoms with Crippen molar-refractivity contribution in [2.75, 3.05) is 12.4 Å². The molecule has 0 radical (unpaired) electrons. The SMILES string of the molecule is COc1cc(NCc2nc3ccccc3n2C)ccc1Cl. The minimum atomic E-state index is 0.603. The molecule has 0 fully saturated rings. The molecule has 3 aromatic rings. The fourth-order valence-electron chi connectivity index (χ4n) is 2.30. The van der Waals surface area contributed by atoms with Gasteiger partial charge in [0.05, 0.1) is 29.7 Å². The molecule has 0 spiro atoms. The van der Waals surface area contributed by atoms with Gasteiger partial charge in [0.25, 0.3) is 0 Å². The first kappa shape index (κ1) is 13.8. The smallest absolute Gasteiger partial charge is 0.139 e. The highest BCUT2D eigenvalue weighted by Gasteiger charge is 2.07. The molecule has 4 nitrogen and oxygen atoms in total. The summed E-state index contributed by atoms with van der Waals surface area (Å²) >= 11 is 6.02. The van der Waals surface area contributed by atoms with Crippen molar-refractivity contribution in [1.82, 2.24) is 9.55 Å². The van der Waals surface area contributed by atoms with Crippen LogP contribution in [-0.2, 0) is 13.6 Å². The van der Waals surface area contributed by atoms with Gasteiger partial charge >= 0.3 is 0 Å². The molecule has 0 atom stereocenters. The highest BCUT2D eigenvalue weighted by Crippen LogP contribution is 2.27. The van der Waals surface area contributed by atoms with Gasteiger partial charge in [-0.2, -0.15) is 0 Å². The lowest BCUT2D eigenvalue weighted by molar-refractivity contribution is 0.415. The van der Waals surface area contributed by atoms with E-state index in [-0.39, 0.29) is 0 Å². The Bertz CT molecular complexity index is 782. The van der Waals surface area contributed by atoms with E-state index < -0.39 is 0 Å². The van der Waals surface area contributed by atoms with Crippen molar-refractivity contribution in [2.45, 2.75) is 6.54 Å². The summed E-state index contributed by atoms with van der Waals surface area (Å²) in [6.07, 6.45) is 0. The maximum absolute atomic E-state index is 6.02. The summed E-state index contributed by atoms with van der Waals surface area (Å²) in [6.45, 7) is 0.635. The molecule has 0 amide bonds. The number of anilines is 1. The Morgan fingerprint density at radius 2 is 2.05 bits per heavy atom. The van der Waals surface area contributed by atoms with E-state index in [1.165, 1.54) is 0 Å². The molecule has 0 aliphatic rings. The van der Waals surface area contributed by atoms with E-state index in [0.29, 0.717) is 17.3 Å². The van der Waals surface area contributed by atoms with Crippen LogP contribution in [0, 0.1) is 0 Å². The van der Waals surface area contributed by atoms with Crippen LogP contribution in [0.25, 0.3) is 11.0 Å². The molecule has 0 saturated carbocycles. The number of ether oxygens (including phenoxy) is 1. The molecule has 108 valence electrons. The van der Waals surface area contributed by atoms with Gasteiger partial charge in [-0.15, -0.1) is 0 Å². The lowest BCUT2D eigenvalue weighted by Crippen LogP contribution is -2.06. The molecular weight excluding hydrogens is 286 g/mol. The number of halogens is 1. The molecule has 1 heterocycles. The standard InChI is InChI=1S/C16H16ClN3O/c1-20-14-6-4-3-5-13(14)19-16(20)10-18-11-7-8-12(17)15(9-11)21-2/h3-9,18H,10H2,1-2H3. The zero-order valence-corrected chi connectivity index (χ0v) is 12.7. The zero-order chi connectivity index (χ0) is 14.8. The predicted molar refractivity (Wildman–Crippen MR) is 86.0 cm³/mol. The highest BCUT2D eigenvalue weighted by molar-refractivity contribution is 6.32. The first-order chi connectivity index (χ1) is 10.2. The van der Waals surface area contributed by atoms with Crippen molar-refractivity contribution < 1.29 is 4.74 Å². The van der Waals surface area contributed by atoms with Gasteiger partial charge in [-0.3, -0.25) is 0 Å². The Balaban J connectivity index is 1.82. The second-order valence-electron chi connectivity index (χ2n) is 4.78. The molecule has 0 bridgehead atoms. The Kier molecular flexibility index (Phi) is 3.71. The van der Waals surface area contributed by atoms with Gasteiger partial charge in [0, 0.05) is 18.8 Å². The number of hydrogen-bond acceptors (Lipinski definition) is 3. The normalized spacial score (nSPS) is 10.8. The third kappa shape index (κ3) is 2.67. The topological polar surface area (TPSA) is 39.1 Å². The first-order valence-corrected chi connectivity index (χ1v) is 7.04. The molecule has 3 rings (SSSR count). The number of benzene rings is 2. The molecule has 5 heteroatoms. The third-order valence-electron chi connectivity index (χ3n) is 3.48. The van der Waals surface area contributed by atoms with Crippen molar-refractivity contribution in [3.05, 3.63) is 53.3 Å². The van der Waals surface area contributed by atoms with Crippen LogP contribution < -0.4 is 10.1 Å². The van der Waals surface area contributed by atoms with E-state index >= 15 is 0 Å². The molecule has 0 aliphatic carbocycles. The van der Waals surface area contributed by atoms with E-state index in [0.717, 1.165) is 22.5 Å². The van der Waals surface area contributed by atoms with Crippen LogP contribution in [0.15, 0.2) is 42.5 Å². The fourth-order valence-corrected chi connectivity index (χ4v) is 2.50. The lowest BCUT2D eigenvalue weighted by Gasteiger charge is -2.09. The van der Waals surface area contributed by atoms with E-state index in [1.807, 2.05) is 43.4 Å². The van der Waals surface area contributed by atoms with Crippen LogP contribution in [0.1, 0.15) is 5.82 Å². The molecular formula is C16H16ClN3O. The van der Waals surface area contributed by atoms with Gasteiger partial charge in [0.2, 0.25) is 0 Å². The molecule has 1 N–H and O–H groups in total. The average Bonchev–Trinajstić information content (AvgIpc) is 2.83. The van der Waals surface area contributed by atoms with E-state index in [4.69, 9.17) is 16.3 Å². The largest absolute Gasteiger partial charge is 0.495 e. The predicted octanol–water partition coefficient (Wildman–Crippen LogP) is 3.85. The maximum atomic E-state index is 6.02.